The summed E-state index contributed by atoms with van der Waals surface area (Å²) in [5.74, 6) is -0.0604. The SMILES string of the molecule is CCOC(=O)/C(=N/C)c1cc(Oc2ccccc2)ccc1C(=O)OCC. The Hall–Kier alpha value is -3.15. The van der Waals surface area contributed by atoms with Crippen LogP contribution in [-0.2, 0) is 14.3 Å². The lowest BCUT2D eigenvalue weighted by Crippen LogP contribution is -2.22. The van der Waals surface area contributed by atoms with Gasteiger partial charge in [-0.2, -0.15) is 0 Å². The summed E-state index contributed by atoms with van der Waals surface area (Å²) in [7, 11) is 1.46. The maximum Gasteiger partial charge on any atom is 0.357 e. The standard InChI is InChI=1S/C20H21NO5/c1-4-24-19(22)16-12-11-15(26-14-9-7-6-8-10-14)13-17(16)18(21-3)20(23)25-5-2/h6-13H,4-5H2,1-3H3/b21-18+. The summed E-state index contributed by atoms with van der Waals surface area (Å²) in [6.45, 7) is 3.84. The third-order valence-electron chi connectivity index (χ3n) is 3.41. The molecule has 0 radical (unpaired) electrons. The van der Waals surface area contributed by atoms with Crippen LogP contribution < -0.4 is 4.74 Å². The van der Waals surface area contributed by atoms with Crippen molar-refractivity contribution in [2.24, 2.45) is 4.99 Å². The normalized spacial score (nSPS) is 11.0. The molecular weight excluding hydrogens is 334 g/mol. The van der Waals surface area contributed by atoms with E-state index in [1.807, 2.05) is 18.2 Å². The van der Waals surface area contributed by atoms with Crippen molar-refractivity contribution in [2.45, 2.75) is 13.8 Å². The molecule has 2 aromatic rings. The zero-order valence-corrected chi connectivity index (χ0v) is 15.0. The van der Waals surface area contributed by atoms with Crippen LogP contribution in [0, 0.1) is 0 Å². The Bertz CT molecular complexity index is 799. The van der Waals surface area contributed by atoms with E-state index < -0.39 is 11.9 Å². The molecule has 0 fully saturated rings. The highest BCUT2D eigenvalue weighted by Gasteiger charge is 2.23. The Morgan fingerprint density at radius 1 is 0.885 bits per heavy atom. The molecule has 6 nitrogen and oxygen atoms in total. The molecular formula is C20H21NO5. The predicted molar refractivity (Wildman–Crippen MR) is 98.0 cm³/mol. The van der Waals surface area contributed by atoms with Gasteiger partial charge in [0.15, 0.2) is 5.71 Å². The van der Waals surface area contributed by atoms with E-state index in [1.165, 1.54) is 7.05 Å². The number of benzene rings is 2. The lowest BCUT2D eigenvalue weighted by Gasteiger charge is -2.13. The van der Waals surface area contributed by atoms with E-state index in [-0.39, 0.29) is 24.5 Å². The maximum absolute atomic E-state index is 12.3. The molecule has 0 aliphatic rings. The largest absolute Gasteiger partial charge is 0.462 e. The van der Waals surface area contributed by atoms with Crippen molar-refractivity contribution in [3.63, 3.8) is 0 Å². The van der Waals surface area contributed by atoms with Crippen molar-refractivity contribution in [1.29, 1.82) is 0 Å². The van der Waals surface area contributed by atoms with Gasteiger partial charge in [-0.05, 0) is 44.2 Å². The zero-order valence-electron chi connectivity index (χ0n) is 15.0. The lowest BCUT2D eigenvalue weighted by molar-refractivity contribution is -0.134. The molecule has 26 heavy (non-hydrogen) atoms. The van der Waals surface area contributed by atoms with Crippen molar-refractivity contribution in [3.05, 3.63) is 59.7 Å². The first kappa shape index (κ1) is 19.2. The summed E-state index contributed by atoms with van der Waals surface area (Å²) < 4.78 is 15.9. The smallest absolute Gasteiger partial charge is 0.357 e. The van der Waals surface area contributed by atoms with Gasteiger partial charge in [0.1, 0.15) is 11.5 Å². The van der Waals surface area contributed by atoms with Crippen LogP contribution in [-0.4, -0.2) is 37.9 Å². The highest BCUT2D eigenvalue weighted by atomic mass is 16.5. The van der Waals surface area contributed by atoms with Crippen LogP contribution in [0.4, 0.5) is 0 Å². The summed E-state index contributed by atoms with van der Waals surface area (Å²) in [6.07, 6.45) is 0. The Morgan fingerprint density at radius 3 is 2.19 bits per heavy atom. The maximum atomic E-state index is 12.3. The van der Waals surface area contributed by atoms with Crippen molar-refractivity contribution in [2.75, 3.05) is 20.3 Å². The minimum atomic E-state index is -0.614. The number of hydrogen-bond donors (Lipinski definition) is 0. The van der Waals surface area contributed by atoms with Crippen molar-refractivity contribution in [1.82, 2.24) is 0 Å². The molecule has 6 heteroatoms. The van der Waals surface area contributed by atoms with Gasteiger partial charge in [0.05, 0.1) is 18.8 Å². The molecule has 0 bridgehead atoms. The molecule has 0 aliphatic carbocycles. The molecule has 0 saturated carbocycles. The Morgan fingerprint density at radius 2 is 1.58 bits per heavy atom. The van der Waals surface area contributed by atoms with Crippen molar-refractivity contribution < 1.29 is 23.8 Å². The molecule has 2 rings (SSSR count). The summed E-state index contributed by atoms with van der Waals surface area (Å²) >= 11 is 0. The molecule has 0 aliphatic heterocycles. The van der Waals surface area contributed by atoms with Gasteiger partial charge in [-0.15, -0.1) is 0 Å². The number of carbonyl (C=O) groups excluding carboxylic acids is 2. The highest BCUT2D eigenvalue weighted by Crippen LogP contribution is 2.25. The van der Waals surface area contributed by atoms with E-state index in [4.69, 9.17) is 14.2 Å². The number of rotatable bonds is 7. The van der Waals surface area contributed by atoms with Gasteiger partial charge in [0, 0.05) is 12.6 Å². The first-order valence-corrected chi connectivity index (χ1v) is 8.29. The fourth-order valence-corrected chi connectivity index (χ4v) is 2.32. The van der Waals surface area contributed by atoms with Crippen LogP contribution >= 0.6 is 0 Å². The van der Waals surface area contributed by atoms with Crippen LogP contribution in [0.25, 0.3) is 0 Å². The Balaban J connectivity index is 2.47. The van der Waals surface area contributed by atoms with E-state index in [2.05, 4.69) is 4.99 Å². The molecule has 2 aromatic carbocycles. The molecule has 0 saturated heterocycles. The summed E-state index contributed by atoms with van der Waals surface area (Å²) in [5, 5.41) is 0. The van der Waals surface area contributed by atoms with Crippen LogP contribution in [0.5, 0.6) is 11.5 Å². The molecule has 0 aromatic heterocycles. The average Bonchev–Trinajstić information content (AvgIpc) is 2.64. The number of hydrogen-bond acceptors (Lipinski definition) is 6. The first-order valence-electron chi connectivity index (χ1n) is 8.29. The molecule has 0 unspecified atom stereocenters. The highest BCUT2D eigenvalue weighted by molar-refractivity contribution is 6.44. The number of esters is 2. The second kappa shape index (κ2) is 9.36. The minimum Gasteiger partial charge on any atom is -0.462 e. The van der Waals surface area contributed by atoms with Crippen LogP contribution in [0.2, 0.25) is 0 Å². The molecule has 0 N–H and O–H groups in total. The van der Waals surface area contributed by atoms with Gasteiger partial charge in [-0.1, -0.05) is 18.2 Å². The number of carbonyl (C=O) groups is 2. The summed E-state index contributed by atoms with van der Waals surface area (Å²) in [6, 6.07) is 14.0. The van der Waals surface area contributed by atoms with Gasteiger partial charge in [0.25, 0.3) is 0 Å². The van der Waals surface area contributed by atoms with Crippen molar-refractivity contribution >= 4 is 17.7 Å². The lowest BCUT2D eigenvalue weighted by atomic mass is 10.0. The average molecular weight is 355 g/mol. The van der Waals surface area contributed by atoms with E-state index in [0.717, 1.165) is 0 Å². The third-order valence-corrected chi connectivity index (χ3v) is 3.41. The van der Waals surface area contributed by atoms with E-state index in [9.17, 15) is 9.59 Å². The molecule has 0 atom stereocenters. The first-order chi connectivity index (χ1) is 12.6. The molecule has 0 spiro atoms. The van der Waals surface area contributed by atoms with E-state index in [1.54, 1.807) is 44.2 Å². The number of ether oxygens (including phenoxy) is 3. The fourth-order valence-electron chi connectivity index (χ4n) is 2.32. The van der Waals surface area contributed by atoms with Gasteiger partial charge < -0.3 is 14.2 Å². The minimum absolute atomic E-state index is 0.0356. The van der Waals surface area contributed by atoms with E-state index >= 15 is 0 Å². The van der Waals surface area contributed by atoms with Gasteiger partial charge in [0.2, 0.25) is 0 Å². The third kappa shape index (κ3) is 4.69. The van der Waals surface area contributed by atoms with Crippen LogP contribution in [0.3, 0.4) is 0 Å². The van der Waals surface area contributed by atoms with Crippen molar-refractivity contribution in [3.8, 4) is 11.5 Å². The van der Waals surface area contributed by atoms with E-state index in [0.29, 0.717) is 17.1 Å². The second-order valence-electron chi connectivity index (χ2n) is 5.14. The summed E-state index contributed by atoms with van der Waals surface area (Å²) in [5.41, 5.74) is 0.562. The second-order valence-corrected chi connectivity index (χ2v) is 5.14. The fraction of sp³-hybridized carbons (Fsp3) is 0.250. The Kier molecular flexibility index (Phi) is 6.91. The van der Waals surface area contributed by atoms with Gasteiger partial charge in [-0.3, -0.25) is 4.99 Å². The van der Waals surface area contributed by atoms with Crippen LogP contribution in [0.15, 0.2) is 53.5 Å². The monoisotopic (exact) mass is 355 g/mol. The number of aliphatic imine (C=N–C) groups is 1. The topological polar surface area (TPSA) is 74.2 Å². The molecule has 136 valence electrons. The van der Waals surface area contributed by atoms with Gasteiger partial charge >= 0.3 is 11.9 Å². The number of nitrogens with zero attached hydrogens (tertiary/aromatic N) is 1. The molecule has 0 heterocycles. The Labute approximate surface area is 152 Å². The molecule has 0 amide bonds. The quantitative estimate of drug-likeness (QED) is 0.560. The number of para-hydroxylation sites is 1. The van der Waals surface area contributed by atoms with Crippen LogP contribution in [0.1, 0.15) is 29.8 Å². The zero-order chi connectivity index (χ0) is 18.9. The van der Waals surface area contributed by atoms with Gasteiger partial charge in [-0.25, -0.2) is 9.59 Å². The predicted octanol–water partition coefficient (Wildman–Crippen LogP) is 3.64. The summed E-state index contributed by atoms with van der Waals surface area (Å²) in [4.78, 5) is 28.5.